The quantitative estimate of drug-likeness (QED) is 0.755. The van der Waals surface area contributed by atoms with E-state index in [1.54, 1.807) is 12.1 Å². The van der Waals surface area contributed by atoms with Gasteiger partial charge in [0.15, 0.2) is 11.6 Å². The van der Waals surface area contributed by atoms with Crippen LogP contribution in [0.2, 0.25) is 0 Å². The van der Waals surface area contributed by atoms with Gasteiger partial charge < -0.3 is 0 Å². The van der Waals surface area contributed by atoms with E-state index in [9.17, 15) is 8.78 Å². The maximum Gasteiger partial charge on any atom is 0.163 e. The first-order valence-corrected chi connectivity index (χ1v) is 6.37. The lowest BCUT2D eigenvalue weighted by Crippen LogP contribution is -2.33. The number of benzene rings is 1. The molecule has 0 saturated carbocycles. The summed E-state index contributed by atoms with van der Waals surface area (Å²) in [6, 6.07) is 4.37. The lowest BCUT2D eigenvalue weighted by atomic mass is 10.1. The second kappa shape index (κ2) is 5.23. The molecule has 0 amide bonds. The molecule has 1 aliphatic heterocycles. The lowest BCUT2D eigenvalue weighted by Gasteiger charge is -2.29. The van der Waals surface area contributed by atoms with Gasteiger partial charge in [-0.05, 0) is 32.0 Å². The van der Waals surface area contributed by atoms with Crippen molar-refractivity contribution >= 4 is 15.9 Å². The fourth-order valence-corrected chi connectivity index (χ4v) is 2.38. The number of nitrogens with zero attached hydrogens (tertiary/aromatic N) is 1. The largest absolute Gasteiger partial charge is 0.299 e. The Bertz CT molecular complexity index is 362. The van der Waals surface area contributed by atoms with Crippen LogP contribution in [0, 0.1) is 11.6 Å². The standard InChI is InChI=1S/C12H14BrF2N/c13-10-4-6-16(7-5-10)8-9-2-1-3-11(14)12(9)15/h1-3,10H,4-8H2. The molecule has 0 N–H and O–H groups in total. The summed E-state index contributed by atoms with van der Waals surface area (Å²) >= 11 is 3.57. The molecular formula is C12H14BrF2N. The van der Waals surface area contributed by atoms with Gasteiger partial charge in [-0.15, -0.1) is 0 Å². The molecule has 4 heteroatoms. The summed E-state index contributed by atoms with van der Waals surface area (Å²) in [5.74, 6) is -1.46. The van der Waals surface area contributed by atoms with Gasteiger partial charge in [0.2, 0.25) is 0 Å². The molecule has 0 aliphatic carbocycles. The highest BCUT2D eigenvalue weighted by molar-refractivity contribution is 9.09. The molecule has 2 rings (SSSR count). The van der Waals surface area contributed by atoms with E-state index in [0.717, 1.165) is 32.0 Å². The summed E-state index contributed by atoms with van der Waals surface area (Å²) < 4.78 is 26.4. The van der Waals surface area contributed by atoms with Crippen molar-refractivity contribution in [2.45, 2.75) is 24.2 Å². The molecule has 0 atom stereocenters. The van der Waals surface area contributed by atoms with Crippen LogP contribution >= 0.6 is 15.9 Å². The highest BCUT2D eigenvalue weighted by atomic mass is 79.9. The first kappa shape index (κ1) is 12.0. The van der Waals surface area contributed by atoms with E-state index in [4.69, 9.17) is 0 Å². The van der Waals surface area contributed by atoms with Gasteiger partial charge in [0.05, 0.1) is 0 Å². The van der Waals surface area contributed by atoms with Crippen LogP contribution < -0.4 is 0 Å². The molecule has 0 aromatic heterocycles. The molecule has 1 aromatic carbocycles. The van der Waals surface area contributed by atoms with Crippen LogP contribution in [-0.4, -0.2) is 22.8 Å². The van der Waals surface area contributed by atoms with Crippen molar-refractivity contribution in [3.8, 4) is 0 Å². The molecule has 16 heavy (non-hydrogen) atoms. The number of rotatable bonds is 2. The van der Waals surface area contributed by atoms with Crippen molar-refractivity contribution in [3.63, 3.8) is 0 Å². The third-order valence-corrected chi connectivity index (χ3v) is 3.86. The Morgan fingerprint density at radius 3 is 2.62 bits per heavy atom. The SMILES string of the molecule is Fc1cccc(CN2CCC(Br)CC2)c1F. The van der Waals surface area contributed by atoms with Gasteiger partial charge >= 0.3 is 0 Å². The van der Waals surface area contributed by atoms with Gasteiger partial charge in [-0.3, -0.25) is 4.90 Å². The van der Waals surface area contributed by atoms with Gasteiger partial charge in [0, 0.05) is 16.9 Å². The molecule has 0 unspecified atom stereocenters. The van der Waals surface area contributed by atoms with E-state index in [1.165, 1.54) is 0 Å². The van der Waals surface area contributed by atoms with Crippen LogP contribution in [0.1, 0.15) is 18.4 Å². The number of alkyl halides is 1. The summed E-state index contributed by atoms with van der Waals surface area (Å²) in [4.78, 5) is 2.73. The van der Waals surface area contributed by atoms with Gasteiger partial charge in [-0.1, -0.05) is 28.1 Å². The molecule has 1 fully saturated rings. The Morgan fingerprint density at radius 2 is 1.94 bits per heavy atom. The van der Waals surface area contributed by atoms with Crippen LogP contribution in [0.15, 0.2) is 18.2 Å². The highest BCUT2D eigenvalue weighted by Crippen LogP contribution is 2.20. The molecule has 0 spiro atoms. The van der Waals surface area contributed by atoms with Crippen LogP contribution in [0.5, 0.6) is 0 Å². The summed E-state index contributed by atoms with van der Waals surface area (Å²) in [5.41, 5.74) is 0.452. The van der Waals surface area contributed by atoms with E-state index in [-0.39, 0.29) is 0 Å². The number of halogens is 3. The second-order valence-corrected chi connectivity index (χ2v) is 5.46. The average Bonchev–Trinajstić information content (AvgIpc) is 2.28. The van der Waals surface area contributed by atoms with E-state index < -0.39 is 11.6 Å². The Labute approximate surface area is 103 Å². The first-order chi connectivity index (χ1) is 7.66. The highest BCUT2D eigenvalue weighted by Gasteiger charge is 2.18. The minimum absolute atomic E-state index is 0.452. The molecule has 1 aromatic rings. The van der Waals surface area contributed by atoms with Crippen LogP contribution in [0.25, 0.3) is 0 Å². The summed E-state index contributed by atoms with van der Waals surface area (Å²) in [5, 5.41) is 0. The second-order valence-electron chi connectivity index (χ2n) is 4.16. The molecule has 1 heterocycles. The summed E-state index contributed by atoms with van der Waals surface area (Å²) in [7, 11) is 0. The van der Waals surface area contributed by atoms with Crippen LogP contribution in [-0.2, 0) is 6.54 Å². The topological polar surface area (TPSA) is 3.24 Å². The third-order valence-electron chi connectivity index (χ3n) is 2.94. The first-order valence-electron chi connectivity index (χ1n) is 5.46. The maximum absolute atomic E-state index is 13.4. The predicted molar refractivity (Wildman–Crippen MR) is 63.6 cm³/mol. The smallest absolute Gasteiger partial charge is 0.163 e. The molecule has 0 bridgehead atoms. The maximum atomic E-state index is 13.4. The minimum atomic E-state index is -0.757. The normalized spacial score (nSPS) is 18.9. The minimum Gasteiger partial charge on any atom is -0.299 e. The Hall–Kier alpha value is -0.480. The number of hydrogen-bond donors (Lipinski definition) is 0. The Balaban J connectivity index is 2.01. The number of likely N-dealkylation sites (tertiary alicyclic amines) is 1. The zero-order valence-electron chi connectivity index (χ0n) is 8.93. The van der Waals surface area contributed by atoms with Crippen molar-refractivity contribution in [3.05, 3.63) is 35.4 Å². The Kier molecular flexibility index (Phi) is 3.92. The number of hydrogen-bond acceptors (Lipinski definition) is 1. The van der Waals surface area contributed by atoms with E-state index in [0.29, 0.717) is 16.9 Å². The lowest BCUT2D eigenvalue weighted by molar-refractivity contribution is 0.222. The third kappa shape index (κ3) is 2.80. The van der Waals surface area contributed by atoms with Crippen molar-refractivity contribution in [1.29, 1.82) is 0 Å². The van der Waals surface area contributed by atoms with Gasteiger partial charge in [-0.2, -0.15) is 0 Å². The molecular weight excluding hydrogens is 276 g/mol. The van der Waals surface area contributed by atoms with Crippen molar-refractivity contribution in [2.24, 2.45) is 0 Å². The predicted octanol–water partition coefficient (Wildman–Crippen LogP) is 3.32. The molecule has 1 aliphatic rings. The van der Waals surface area contributed by atoms with Crippen molar-refractivity contribution < 1.29 is 8.78 Å². The fraction of sp³-hybridized carbons (Fsp3) is 0.500. The Morgan fingerprint density at radius 1 is 1.25 bits per heavy atom. The molecule has 0 radical (unpaired) electrons. The number of piperidine rings is 1. The summed E-state index contributed by atoms with van der Waals surface area (Å²) in [6.07, 6.45) is 2.13. The fourth-order valence-electron chi connectivity index (χ4n) is 1.97. The van der Waals surface area contributed by atoms with Crippen LogP contribution in [0.4, 0.5) is 8.78 Å². The zero-order valence-corrected chi connectivity index (χ0v) is 10.5. The van der Waals surface area contributed by atoms with Crippen molar-refractivity contribution in [2.75, 3.05) is 13.1 Å². The van der Waals surface area contributed by atoms with E-state index in [1.807, 2.05) is 0 Å². The van der Waals surface area contributed by atoms with Gasteiger partial charge in [0.1, 0.15) is 0 Å². The van der Waals surface area contributed by atoms with E-state index in [2.05, 4.69) is 20.8 Å². The van der Waals surface area contributed by atoms with Crippen molar-refractivity contribution in [1.82, 2.24) is 4.90 Å². The average molecular weight is 290 g/mol. The van der Waals surface area contributed by atoms with E-state index >= 15 is 0 Å². The molecule has 1 nitrogen and oxygen atoms in total. The zero-order chi connectivity index (χ0) is 11.5. The van der Waals surface area contributed by atoms with Crippen LogP contribution in [0.3, 0.4) is 0 Å². The monoisotopic (exact) mass is 289 g/mol. The molecule has 88 valence electrons. The molecule has 1 saturated heterocycles. The van der Waals surface area contributed by atoms with Gasteiger partial charge in [-0.25, -0.2) is 8.78 Å². The summed E-state index contributed by atoms with van der Waals surface area (Å²) in [6.45, 7) is 2.38. The van der Waals surface area contributed by atoms with Gasteiger partial charge in [0.25, 0.3) is 0 Å².